The van der Waals surface area contributed by atoms with E-state index in [0.717, 1.165) is 18.5 Å². The minimum Gasteiger partial charge on any atom is -0.326 e. The van der Waals surface area contributed by atoms with Crippen LogP contribution in [0.25, 0.3) is 0 Å². The summed E-state index contributed by atoms with van der Waals surface area (Å²) in [5.74, 6) is -0.161. The second-order valence-electron chi connectivity index (χ2n) is 6.20. The normalized spacial score (nSPS) is 18.6. The van der Waals surface area contributed by atoms with Gasteiger partial charge in [0, 0.05) is 24.7 Å². The monoisotopic (exact) mass is 358 g/mol. The van der Waals surface area contributed by atoms with Crippen molar-refractivity contribution in [2.45, 2.75) is 36.6 Å². The van der Waals surface area contributed by atoms with Gasteiger partial charge < -0.3 is 5.32 Å². The van der Waals surface area contributed by atoms with Crippen LogP contribution in [-0.2, 0) is 14.8 Å². The molecule has 1 atom stereocenters. The summed E-state index contributed by atoms with van der Waals surface area (Å²) >= 11 is 0. The van der Waals surface area contributed by atoms with Crippen LogP contribution in [0.15, 0.2) is 65.6 Å². The average molecular weight is 358 g/mol. The first-order valence-corrected chi connectivity index (χ1v) is 9.93. The number of para-hydroxylation sites is 1. The number of hydrogen-bond donors (Lipinski definition) is 1. The lowest BCUT2D eigenvalue weighted by Gasteiger charge is -2.34. The number of nitrogens with zero attached hydrogens (tertiary/aromatic N) is 1. The summed E-state index contributed by atoms with van der Waals surface area (Å²) in [6.45, 7) is 0.459. The zero-order valence-corrected chi connectivity index (χ0v) is 14.8. The molecule has 0 spiro atoms. The van der Waals surface area contributed by atoms with Crippen molar-refractivity contribution in [1.29, 1.82) is 0 Å². The van der Waals surface area contributed by atoms with Crippen LogP contribution in [0.5, 0.6) is 0 Å². The number of anilines is 1. The molecular formula is C19H22N2O3S. The van der Waals surface area contributed by atoms with Crippen LogP contribution in [-0.4, -0.2) is 31.2 Å². The highest BCUT2D eigenvalue weighted by atomic mass is 32.2. The summed E-state index contributed by atoms with van der Waals surface area (Å²) in [5.41, 5.74) is 0.723. The molecule has 5 nitrogen and oxygen atoms in total. The molecule has 0 radical (unpaired) electrons. The van der Waals surface area contributed by atoms with Gasteiger partial charge in [-0.3, -0.25) is 4.79 Å². The molecule has 0 aliphatic carbocycles. The number of sulfonamides is 1. The molecule has 1 saturated heterocycles. The highest BCUT2D eigenvalue weighted by Crippen LogP contribution is 2.27. The van der Waals surface area contributed by atoms with E-state index in [2.05, 4.69) is 5.32 Å². The zero-order chi connectivity index (χ0) is 17.7. The van der Waals surface area contributed by atoms with Gasteiger partial charge in [0.25, 0.3) is 0 Å². The summed E-state index contributed by atoms with van der Waals surface area (Å²) in [6.07, 6.45) is 2.63. The van der Waals surface area contributed by atoms with E-state index in [4.69, 9.17) is 0 Å². The van der Waals surface area contributed by atoms with E-state index >= 15 is 0 Å². The van der Waals surface area contributed by atoms with Crippen molar-refractivity contribution in [3.63, 3.8) is 0 Å². The fraction of sp³-hybridized carbons (Fsp3) is 0.316. The maximum absolute atomic E-state index is 12.9. The van der Waals surface area contributed by atoms with Crippen LogP contribution in [0.3, 0.4) is 0 Å². The molecule has 0 bridgehead atoms. The quantitative estimate of drug-likeness (QED) is 0.892. The van der Waals surface area contributed by atoms with E-state index in [1.165, 1.54) is 4.31 Å². The van der Waals surface area contributed by atoms with E-state index < -0.39 is 10.0 Å². The predicted molar refractivity (Wildman–Crippen MR) is 97.7 cm³/mol. The number of benzene rings is 2. The lowest BCUT2D eigenvalue weighted by Crippen LogP contribution is -2.45. The smallest absolute Gasteiger partial charge is 0.243 e. The van der Waals surface area contributed by atoms with Gasteiger partial charge in [-0.15, -0.1) is 0 Å². The van der Waals surface area contributed by atoms with Gasteiger partial charge >= 0.3 is 0 Å². The van der Waals surface area contributed by atoms with Gasteiger partial charge in [0.2, 0.25) is 15.9 Å². The molecule has 3 rings (SSSR count). The molecule has 1 heterocycles. The van der Waals surface area contributed by atoms with Gasteiger partial charge in [0.05, 0.1) is 4.90 Å². The Bertz CT molecular complexity index is 807. The zero-order valence-electron chi connectivity index (χ0n) is 14.0. The molecule has 1 fully saturated rings. The second-order valence-corrected chi connectivity index (χ2v) is 8.09. The highest BCUT2D eigenvalue weighted by molar-refractivity contribution is 7.89. The van der Waals surface area contributed by atoms with Crippen molar-refractivity contribution in [1.82, 2.24) is 4.31 Å². The van der Waals surface area contributed by atoms with Gasteiger partial charge in [-0.25, -0.2) is 8.42 Å². The molecule has 6 heteroatoms. The van der Waals surface area contributed by atoms with Crippen molar-refractivity contribution in [3.05, 3.63) is 60.7 Å². The minimum absolute atomic E-state index is 0.161. The predicted octanol–water partition coefficient (Wildman–Crippen LogP) is 3.26. The molecule has 1 aliphatic heterocycles. The number of hydrogen-bond acceptors (Lipinski definition) is 3. The Kier molecular flexibility index (Phi) is 5.50. The molecule has 0 unspecified atom stereocenters. The van der Waals surface area contributed by atoms with E-state index in [-0.39, 0.29) is 23.3 Å². The number of piperidine rings is 1. The molecule has 1 N–H and O–H groups in total. The van der Waals surface area contributed by atoms with Crippen LogP contribution in [0.4, 0.5) is 5.69 Å². The number of carbonyl (C=O) groups excluding carboxylic acids is 1. The van der Waals surface area contributed by atoms with E-state index in [1.54, 1.807) is 30.3 Å². The van der Waals surface area contributed by atoms with E-state index in [0.29, 0.717) is 13.0 Å². The summed E-state index contributed by atoms with van der Waals surface area (Å²) in [7, 11) is -3.58. The molecule has 2 aromatic rings. The number of carbonyl (C=O) groups is 1. The maximum atomic E-state index is 12.9. The van der Waals surface area contributed by atoms with Gasteiger partial charge in [0.1, 0.15) is 0 Å². The fourth-order valence-electron chi connectivity index (χ4n) is 3.17. The summed E-state index contributed by atoms with van der Waals surface area (Å²) in [6, 6.07) is 17.3. The number of rotatable bonds is 5. The van der Waals surface area contributed by atoms with E-state index in [1.807, 2.05) is 30.3 Å². The molecular weight excluding hydrogens is 336 g/mol. The van der Waals surface area contributed by atoms with Crippen LogP contribution in [0.1, 0.15) is 25.7 Å². The number of amides is 1. The maximum Gasteiger partial charge on any atom is 0.243 e. The Labute approximate surface area is 148 Å². The average Bonchev–Trinajstić information content (AvgIpc) is 2.63. The first kappa shape index (κ1) is 17.6. The standard InChI is InChI=1S/C19H22N2O3S/c22-19(20-16-9-3-1-4-10-16)15-17-11-7-8-14-21(17)25(23,24)18-12-5-2-6-13-18/h1-6,9-10,12-13,17H,7-8,11,14-15H2,(H,20,22)/t17-/m1/s1. The largest absolute Gasteiger partial charge is 0.326 e. The Morgan fingerprint density at radius 2 is 1.64 bits per heavy atom. The Hall–Kier alpha value is -2.18. The third-order valence-corrected chi connectivity index (χ3v) is 6.37. The molecule has 25 heavy (non-hydrogen) atoms. The Morgan fingerprint density at radius 1 is 1.00 bits per heavy atom. The van der Waals surface area contributed by atoms with Gasteiger partial charge in [-0.1, -0.05) is 42.8 Å². The fourth-order valence-corrected chi connectivity index (χ4v) is 4.88. The summed E-state index contributed by atoms with van der Waals surface area (Å²) < 4.78 is 27.4. The first-order valence-electron chi connectivity index (χ1n) is 8.49. The van der Waals surface area contributed by atoms with Crippen molar-refractivity contribution in [2.75, 3.05) is 11.9 Å². The molecule has 2 aromatic carbocycles. The summed E-state index contributed by atoms with van der Waals surface area (Å²) in [5, 5.41) is 2.84. The molecule has 0 aromatic heterocycles. The third-order valence-electron chi connectivity index (χ3n) is 4.40. The van der Waals surface area contributed by atoms with Crippen molar-refractivity contribution >= 4 is 21.6 Å². The van der Waals surface area contributed by atoms with Gasteiger partial charge in [-0.2, -0.15) is 4.31 Å². The second kappa shape index (κ2) is 7.80. The lowest BCUT2D eigenvalue weighted by molar-refractivity contribution is -0.117. The Morgan fingerprint density at radius 3 is 2.32 bits per heavy atom. The van der Waals surface area contributed by atoms with Gasteiger partial charge in [-0.05, 0) is 37.1 Å². The van der Waals surface area contributed by atoms with Gasteiger partial charge in [0.15, 0.2) is 0 Å². The van der Waals surface area contributed by atoms with Crippen LogP contribution < -0.4 is 5.32 Å². The first-order chi connectivity index (χ1) is 12.1. The summed E-state index contributed by atoms with van der Waals surface area (Å²) in [4.78, 5) is 12.6. The van der Waals surface area contributed by atoms with Crippen molar-refractivity contribution < 1.29 is 13.2 Å². The van der Waals surface area contributed by atoms with E-state index in [9.17, 15) is 13.2 Å². The van der Waals surface area contributed by atoms with Crippen LogP contribution >= 0.6 is 0 Å². The Balaban J connectivity index is 1.74. The molecule has 0 saturated carbocycles. The molecule has 1 aliphatic rings. The lowest BCUT2D eigenvalue weighted by atomic mass is 10.0. The van der Waals surface area contributed by atoms with Crippen LogP contribution in [0.2, 0.25) is 0 Å². The highest BCUT2D eigenvalue weighted by Gasteiger charge is 2.34. The minimum atomic E-state index is -3.58. The molecule has 1 amide bonds. The van der Waals surface area contributed by atoms with Crippen molar-refractivity contribution in [2.24, 2.45) is 0 Å². The topological polar surface area (TPSA) is 66.5 Å². The molecule has 132 valence electrons. The number of nitrogens with one attached hydrogen (secondary N) is 1. The third kappa shape index (κ3) is 4.27. The van der Waals surface area contributed by atoms with Crippen LogP contribution in [0, 0.1) is 0 Å². The van der Waals surface area contributed by atoms with Crippen molar-refractivity contribution in [3.8, 4) is 0 Å². The SMILES string of the molecule is O=C(C[C@H]1CCCCN1S(=O)(=O)c1ccccc1)Nc1ccccc1.